The molecule has 0 amide bonds. The molecule has 10 heteroatoms. The molecular weight excluding hydrogens is 349 g/mol. The van der Waals surface area contributed by atoms with Crippen LogP contribution >= 0.6 is 0 Å². The Balaban J connectivity index is 1.49. The van der Waals surface area contributed by atoms with Crippen LogP contribution in [0.1, 0.15) is 36.7 Å². The topological polar surface area (TPSA) is 71.2 Å². The lowest BCUT2D eigenvalue weighted by atomic mass is 10.2. The highest BCUT2D eigenvalue weighted by Gasteiger charge is 2.40. The third-order valence-corrected chi connectivity index (χ3v) is 4.67. The number of hydrogen-bond acceptors (Lipinski definition) is 7. The third kappa shape index (κ3) is 3.64. The van der Waals surface area contributed by atoms with Gasteiger partial charge < -0.3 is 9.32 Å². The fourth-order valence-corrected chi connectivity index (χ4v) is 3.38. The second-order valence-corrected chi connectivity index (χ2v) is 6.77. The summed E-state index contributed by atoms with van der Waals surface area (Å²) >= 11 is 0. The van der Waals surface area contributed by atoms with Crippen LogP contribution in [-0.2, 0) is 12.7 Å². The third-order valence-electron chi connectivity index (χ3n) is 4.67. The van der Waals surface area contributed by atoms with Gasteiger partial charge in [-0.05, 0) is 25.3 Å². The van der Waals surface area contributed by atoms with Crippen LogP contribution in [0.25, 0.3) is 0 Å². The Morgan fingerprint density at radius 2 is 2.04 bits per heavy atom. The smallest absolute Gasteiger partial charge is 0.424 e. The second kappa shape index (κ2) is 6.49. The first-order valence-electron chi connectivity index (χ1n) is 8.60. The Morgan fingerprint density at radius 3 is 2.69 bits per heavy atom. The van der Waals surface area contributed by atoms with E-state index in [1.54, 1.807) is 6.92 Å². The van der Waals surface area contributed by atoms with Crippen molar-refractivity contribution in [2.75, 3.05) is 18.0 Å². The Labute approximate surface area is 148 Å². The molecule has 1 aliphatic heterocycles. The SMILES string of the molecule is Cc1nnc(CN2CCC(N(c3nccc(C(F)(F)F)n3)C3CC3)C2)o1. The van der Waals surface area contributed by atoms with Gasteiger partial charge in [-0.2, -0.15) is 13.2 Å². The molecule has 2 aromatic rings. The highest BCUT2D eigenvalue weighted by atomic mass is 19.4. The van der Waals surface area contributed by atoms with Gasteiger partial charge in [0.25, 0.3) is 0 Å². The molecule has 140 valence electrons. The molecule has 2 fully saturated rings. The Bertz CT molecular complexity index is 775. The standard InChI is InChI=1S/C16H19F3N6O/c1-10-22-23-14(26-10)9-24-7-5-12(8-24)25(11-2-3-11)15-20-6-4-13(21-15)16(17,18)19/h4,6,11-12H,2-3,5,7-9H2,1H3. The van der Waals surface area contributed by atoms with Crippen LogP contribution in [0.15, 0.2) is 16.7 Å². The predicted molar refractivity (Wildman–Crippen MR) is 85.3 cm³/mol. The molecule has 1 atom stereocenters. The van der Waals surface area contributed by atoms with E-state index in [1.807, 2.05) is 4.90 Å². The molecule has 26 heavy (non-hydrogen) atoms. The van der Waals surface area contributed by atoms with Gasteiger partial charge in [-0.25, -0.2) is 9.97 Å². The fraction of sp³-hybridized carbons (Fsp3) is 0.625. The number of anilines is 1. The summed E-state index contributed by atoms with van der Waals surface area (Å²) in [6.45, 7) is 3.80. The lowest BCUT2D eigenvalue weighted by Gasteiger charge is -2.29. The number of likely N-dealkylation sites (tertiary alicyclic amines) is 1. The van der Waals surface area contributed by atoms with Crippen molar-refractivity contribution in [2.45, 2.75) is 51.0 Å². The van der Waals surface area contributed by atoms with Crippen molar-refractivity contribution in [1.29, 1.82) is 0 Å². The van der Waals surface area contributed by atoms with Crippen LogP contribution < -0.4 is 4.90 Å². The van der Waals surface area contributed by atoms with Crippen molar-refractivity contribution >= 4 is 5.95 Å². The lowest BCUT2D eigenvalue weighted by molar-refractivity contribution is -0.141. The maximum Gasteiger partial charge on any atom is 0.433 e. The summed E-state index contributed by atoms with van der Waals surface area (Å²) < 4.78 is 44.4. The summed E-state index contributed by atoms with van der Waals surface area (Å²) in [7, 11) is 0. The van der Waals surface area contributed by atoms with E-state index in [0.717, 1.165) is 31.9 Å². The molecule has 3 heterocycles. The van der Waals surface area contributed by atoms with Crippen LogP contribution in [-0.4, -0.2) is 50.2 Å². The molecule has 0 radical (unpaired) electrons. The molecular formula is C16H19F3N6O. The maximum atomic E-state index is 13.0. The number of aryl methyl sites for hydroxylation is 1. The van der Waals surface area contributed by atoms with E-state index in [-0.39, 0.29) is 18.0 Å². The summed E-state index contributed by atoms with van der Waals surface area (Å²) in [5.74, 6) is 1.24. The fourth-order valence-electron chi connectivity index (χ4n) is 3.38. The summed E-state index contributed by atoms with van der Waals surface area (Å²) in [6.07, 6.45) is -0.528. The molecule has 0 aromatic carbocycles. The summed E-state index contributed by atoms with van der Waals surface area (Å²) in [6, 6.07) is 1.21. The lowest BCUT2D eigenvalue weighted by Crippen LogP contribution is -2.40. The van der Waals surface area contributed by atoms with Crippen molar-refractivity contribution < 1.29 is 17.6 Å². The largest absolute Gasteiger partial charge is 0.433 e. The monoisotopic (exact) mass is 368 g/mol. The van der Waals surface area contributed by atoms with E-state index < -0.39 is 11.9 Å². The van der Waals surface area contributed by atoms with Crippen LogP contribution in [0.2, 0.25) is 0 Å². The van der Waals surface area contributed by atoms with Crippen LogP contribution in [0.3, 0.4) is 0 Å². The molecule has 2 aliphatic rings. The number of rotatable bonds is 5. The zero-order valence-corrected chi connectivity index (χ0v) is 14.3. The molecule has 2 aromatic heterocycles. The first kappa shape index (κ1) is 17.2. The maximum absolute atomic E-state index is 13.0. The van der Waals surface area contributed by atoms with E-state index in [1.165, 1.54) is 6.20 Å². The van der Waals surface area contributed by atoms with Gasteiger partial charge >= 0.3 is 6.18 Å². The number of nitrogens with zero attached hydrogens (tertiary/aromatic N) is 6. The molecule has 1 saturated carbocycles. The average Bonchev–Trinajstić information content (AvgIpc) is 3.17. The van der Waals surface area contributed by atoms with Gasteiger partial charge in [-0.3, -0.25) is 4.90 Å². The van der Waals surface area contributed by atoms with E-state index in [2.05, 4.69) is 25.1 Å². The van der Waals surface area contributed by atoms with Gasteiger partial charge in [0, 0.05) is 38.3 Å². The van der Waals surface area contributed by atoms with Gasteiger partial charge in [0.15, 0.2) is 0 Å². The zero-order chi connectivity index (χ0) is 18.3. The van der Waals surface area contributed by atoms with Crippen LogP contribution in [0.5, 0.6) is 0 Å². The van der Waals surface area contributed by atoms with Gasteiger partial charge in [-0.1, -0.05) is 0 Å². The Morgan fingerprint density at radius 1 is 1.23 bits per heavy atom. The summed E-state index contributed by atoms with van der Waals surface area (Å²) in [4.78, 5) is 12.1. The van der Waals surface area contributed by atoms with Crippen molar-refractivity contribution in [3.05, 3.63) is 29.7 Å². The molecule has 7 nitrogen and oxygen atoms in total. The van der Waals surface area contributed by atoms with Crippen molar-refractivity contribution in [3.63, 3.8) is 0 Å². The quantitative estimate of drug-likeness (QED) is 0.803. The molecule has 1 saturated heterocycles. The highest BCUT2D eigenvalue weighted by Crippen LogP contribution is 2.36. The van der Waals surface area contributed by atoms with Crippen molar-refractivity contribution in [2.24, 2.45) is 0 Å². The highest BCUT2D eigenvalue weighted by molar-refractivity contribution is 5.37. The second-order valence-electron chi connectivity index (χ2n) is 6.77. The molecule has 0 bridgehead atoms. The zero-order valence-electron chi connectivity index (χ0n) is 14.3. The Kier molecular flexibility index (Phi) is 4.29. The van der Waals surface area contributed by atoms with E-state index in [4.69, 9.17) is 4.42 Å². The van der Waals surface area contributed by atoms with Crippen LogP contribution in [0, 0.1) is 6.92 Å². The minimum Gasteiger partial charge on any atom is -0.424 e. The van der Waals surface area contributed by atoms with Crippen LogP contribution in [0.4, 0.5) is 19.1 Å². The van der Waals surface area contributed by atoms with E-state index in [9.17, 15) is 13.2 Å². The van der Waals surface area contributed by atoms with Gasteiger partial charge in [0.2, 0.25) is 17.7 Å². The molecule has 4 rings (SSSR count). The van der Waals surface area contributed by atoms with E-state index in [0.29, 0.717) is 24.9 Å². The van der Waals surface area contributed by atoms with Crippen molar-refractivity contribution in [3.8, 4) is 0 Å². The number of halogens is 3. The first-order valence-corrected chi connectivity index (χ1v) is 8.60. The minimum absolute atomic E-state index is 0.0787. The van der Waals surface area contributed by atoms with Gasteiger partial charge in [0.1, 0.15) is 5.69 Å². The Hall–Kier alpha value is -2.23. The molecule has 0 spiro atoms. The normalized spacial score (nSPS) is 21.3. The first-order chi connectivity index (χ1) is 12.4. The minimum atomic E-state index is -4.47. The number of hydrogen-bond donors (Lipinski definition) is 0. The molecule has 0 N–H and O–H groups in total. The summed E-state index contributed by atoms with van der Waals surface area (Å²) in [5, 5.41) is 7.82. The van der Waals surface area contributed by atoms with Gasteiger partial charge in [0.05, 0.1) is 6.54 Å². The number of alkyl halides is 3. The van der Waals surface area contributed by atoms with Crippen molar-refractivity contribution in [1.82, 2.24) is 25.1 Å². The molecule has 1 unspecified atom stereocenters. The predicted octanol–water partition coefficient (Wildman–Crippen LogP) is 2.43. The molecule has 1 aliphatic carbocycles. The van der Waals surface area contributed by atoms with Gasteiger partial charge in [-0.15, -0.1) is 10.2 Å². The average molecular weight is 368 g/mol. The van der Waals surface area contributed by atoms with E-state index >= 15 is 0 Å². The number of aromatic nitrogens is 4. The summed E-state index contributed by atoms with van der Waals surface area (Å²) in [5.41, 5.74) is -0.899.